The molecule has 0 atom stereocenters. The quantitative estimate of drug-likeness (QED) is 0.372. The van der Waals surface area contributed by atoms with E-state index in [2.05, 4.69) is 15.9 Å². The van der Waals surface area contributed by atoms with Gasteiger partial charge in [-0.1, -0.05) is 34.1 Å². The predicted octanol–water partition coefficient (Wildman–Crippen LogP) is 4.66. The van der Waals surface area contributed by atoms with Crippen LogP contribution in [-0.4, -0.2) is 4.92 Å². The van der Waals surface area contributed by atoms with E-state index in [4.69, 9.17) is 0 Å². The number of halogens is 1. The Balaban J connectivity index is 2.46. The van der Waals surface area contributed by atoms with Crippen molar-refractivity contribution in [2.45, 2.75) is 0 Å². The highest BCUT2D eigenvalue weighted by Gasteiger charge is 2.08. The maximum atomic E-state index is 10.8. The molecule has 0 radical (unpaired) electrons. The molecular weight excluding hydrogens is 294 g/mol. The number of hydrogen-bond acceptors (Lipinski definition) is 2. The molecule has 88 valence electrons. The number of fused-ring (bicyclic) bond motifs is 3. The van der Waals surface area contributed by atoms with E-state index < -0.39 is 0 Å². The van der Waals surface area contributed by atoms with Crippen molar-refractivity contribution in [3.05, 3.63) is 63.1 Å². The average Bonchev–Trinajstić information content (AvgIpc) is 2.37. The van der Waals surface area contributed by atoms with Gasteiger partial charge in [0.15, 0.2) is 0 Å². The average molecular weight is 302 g/mol. The van der Waals surface area contributed by atoms with Crippen molar-refractivity contribution in [3.8, 4) is 0 Å². The lowest BCUT2D eigenvalue weighted by molar-refractivity contribution is -0.384. The van der Waals surface area contributed by atoms with Crippen molar-refractivity contribution in [2.24, 2.45) is 0 Å². The first kappa shape index (κ1) is 11.2. The van der Waals surface area contributed by atoms with Gasteiger partial charge in [-0.2, -0.15) is 0 Å². The SMILES string of the molecule is O=[N+]([O-])c1ccc2ccc3ccc(Br)cc3c2c1. The fourth-order valence-corrected chi connectivity index (χ4v) is 2.48. The van der Waals surface area contributed by atoms with Gasteiger partial charge >= 0.3 is 0 Å². The Morgan fingerprint density at radius 1 is 0.889 bits per heavy atom. The second-order valence-electron chi connectivity index (χ2n) is 4.09. The summed E-state index contributed by atoms with van der Waals surface area (Å²) in [5, 5.41) is 14.8. The van der Waals surface area contributed by atoms with Crippen LogP contribution in [-0.2, 0) is 0 Å². The molecule has 0 N–H and O–H groups in total. The van der Waals surface area contributed by atoms with E-state index in [1.165, 1.54) is 6.07 Å². The van der Waals surface area contributed by atoms with Crippen molar-refractivity contribution in [1.82, 2.24) is 0 Å². The minimum Gasteiger partial charge on any atom is -0.258 e. The summed E-state index contributed by atoms with van der Waals surface area (Å²) in [4.78, 5) is 10.5. The van der Waals surface area contributed by atoms with Gasteiger partial charge in [-0.05, 0) is 39.7 Å². The molecule has 0 saturated carbocycles. The highest BCUT2D eigenvalue weighted by Crippen LogP contribution is 2.30. The van der Waals surface area contributed by atoms with Crippen LogP contribution < -0.4 is 0 Å². The third-order valence-corrected chi connectivity index (χ3v) is 3.49. The molecule has 0 spiro atoms. The van der Waals surface area contributed by atoms with Crippen LogP contribution in [0.5, 0.6) is 0 Å². The molecule has 0 aliphatic carbocycles. The number of nitro groups is 1. The molecule has 3 aromatic carbocycles. The molecule has 4 heteroatoms. The fraction of sp³-hybridized carbons (Fsp3) is 0. The Labute approximate surface area is 111 Å². The first-order chi connectivity index (χ1) is 8.65. The number of non-ortho nitro benzene ring substituents is 1. The molecular formula is C14H8BrNO2. The van der Waals surface area contributed by atoms with Crippen LogP contribution >= 0.6 is 15.9 Å². The van der Waals surface area contributed by atoms with Crippen LogP contribution in [0, 0.1) is 10.1 Å². The molecule has 0 amide bonds. The molecule has 0 heterocycles. The topological polar surface area (TPSA) is 43.1 Å². The van der Waals surface area contributed by atoms with Crippen LogP contribution in [0.2, 0.25) is 0 Å². The highest BCUT2D eigenvalue weighted by atomic mass is 79.9. The second-order valence-corrected chi connectivity index (χ2v) is 5.01. The van der Waals surface area contributed by atoms with Gasteiger partial charge in [0.05, 0.1) is 4.92 Å². The van der Waals surface area contributed by atoms with Gasteiger partial charge in [-0.15, -0.1) is 0 Å². The van der Waals surface area contributed by atoms with Crippen molar-refractivity contribution >= 4 is 43.2 Å². The Morgan fingerprint density at radius 2 is 1.44 bits per heavy atom. The normalized spacial score (nSPS) is 10.9. The van der Waals surface area contributed by atoms with Crippen molar-refractivity contribution in [1.29, 1.82) is 0 Å². The van der Waals surface area contributed by atoms with Crippen molar-refractivity contribution in [2.75, 3.05) is 0 Å². The lowest BCUT2D eigenvalue weighted by atomic mass is 10.0. The number of rotatable bonds is 1. The summed E-state index contributed by atoms with van der Waals surface area (Å²) in [5.74, 6) is 0. The number of hydrogen-bond donors (Lipinski definition) is 0. The largest absolute Gasteiger partial charge is 0.270 e. The van der Waals surface area contributed by atoms with Crippen LogP contribution in [0.15, 0.2) is 53.0 Å². The van der Waals surface area contributed by atoms with Crippen molar-refractivity contribution in [3.63, 3.8) is 0 Å². The van der Waals surface area contributed by atoms with Gasteiger partial charge in [0.1, 0.15) is 0 Å². The predicted molar refractivity (Wildman–Crippen MR) is 75.8 cm³/mol. The third-order valence-electron chi connectivity index (χ3n) is 3.00. The van der Waals surface area contributed by atoms with E-state index in [-0.39, 0.29) is 10.6 Å². The van der Waals surface area contributed by atoms with E-state index >= 15 is 0 Å². The zero-order valence-electron chi connectivity index (χ0n) is 9.26. The summed E-state index contributed by atoms with van der Waals surface area (Å²) < 4.78 is 0.967. The molecule has 0 fully saturated rings. The summed E-state index contributed by atoms with van der Waals surface area (Å²) in [7, 11) is 0. The van der Waals surface area contributed by atoms with Gasteiger partial charge in [0, 0.05) is 16.6 Å². The van der Waals surface area contributed by atoms with Gasteiger partial charge in [-0.25, -0.2) is 0 Å². The summed E-state index contributed by atoms with van der Waals surface area (Å²) in [6.07, 6.45) is 0. The molecule has 3 nitrogen and oxygen atoms in total. The smallest absolute Gasteiger partial charge is 0.258 e. The van der Waals surface area contributed by atoms with Crippen LogP contribution in [0.4, 0.5) is 5.69 Å². The lowest BCUT2D eigenvalue weighted by Crippen LogP contribution is -1.87. The minimum atomic E-state index is -0.365. The Hall–Kier alpha value is -1.94. The Bertz CT molecular complexity index is 783. The standard InChI is InChI=1S/C14H8BrNO2/c15-11-5-3-9-1-2-10-4-6-12(16(17)18)8-14(10)13(9)7-11/h1-8H. The Morgan fingerprint density at radius 3 is 2.11 bits per heavy atom. The molecule has 18 heavy (non-hydrogen) atoms. The van der Waals surface area contributed by atoms with E-state index in [9.17, 15) is 10.1 Å². The molecule has 3 rings (SSSR count). The first-order valence-electron chi connectivity index (χ1n) is 5.41. The molecule has 0 aliphatic heterocycles. The summed E-state index contributed by atoms with van der Waals surface area (Å²) >= 11 is 3.43. The zero-order valence-corrected chi connectivity index (χ0v) is 10.8. The zero-order chi connectivity index (χ0) is 12.7. The van der Waals surface area contributed by atoms with Gasteiger partial charge in [0.2, 0.25) is 0 Å². The summed E-state index contributed by atoms with van der Waals surface area (Å²) in [6, 6.07) is 14.9. The fourth-order valence-electron chi connectivity index (χ4n) is 2.12. The number of nitro benzene ring substituents is 1. The van der Waals surface area contributed by atoms with Gasteiger partial charge in [0.25, 0.3) is 5.69 Å². The molecule has 0 unspecified atom stereocenters. The highest BCUT2D eigenvalue weighted by molar-refractivity contribution is 9.10. The first-order valence-corrected chi connectivity index (χ1v) is 6.21. The van der Waals surface area contributed by atoms with Crippen LogP contribution in [0.1, 0.15) is 0 Å². The van der Waals surface area contributed by atoms with E-state index in [1.807, 2.05) is 30.3 Å². The van der Waals surface area contributed by atoms with Crippen LogP contribution in [0.3, 0.4) is 0 Å². The second kappa shape index (κ2) is 4.07. The van der Waals surface area contributed by atoms with Gasteiger partial charge in [-0.3, -0.25) is 10.1 Å². The third kappa shape index (κ3) is 1.75. The molecule has 0 bridgehead atoms. The number of benzene rings is 3. The molecule has 0 aromatic heterocycles. The summed E-state index contributed by atoms with van der Waals surface area (Å²) in [5.41, 5.74) is 0.120. The number of nitrogens with zero attached hydrogens (tertiary/aromatic N) is 1. The van der Waals surface area contributed by atoms with Crippen LogP contribution in [0.25, 0.3) is 21.5 Å². The van der Waals surface area contributed by atoms with E-state index in [0.717, 1.165) is 26.0 Å². The van der Waals surface area contributed by atoms with E-state index in [1.54, 1.807) is 12.1 Å². The summed E-state index contributed by atoms with van der Waals surface area (Å²) in [6.45, 7) is 0. The maximum absolute atomic E-state index is 10.8. The lowest BCUT2D eigenvalue weighted by Gasteiger charge is -2.04. The monoisotopic (exact) mass is 301 g/mol. The molecule has 0 aliphatic rings. The maximum Gasteiger partial charge on any atom is 0.270 e. The van der Waals surface area contributed by atoms with Gasteiger partial charge < -0.3 is 0 Å². The molecule has 3 aromatic rings. The van der Waals surface area contributed by atoms with E-state index in [0.29, 0.717) is 0 Å². The van der Waals surface area contributed by atoms with Crippen molar-refractivity contribution < 1.29 is 4.92 Å². The minimum absolute atomic E-state index is 0.120. The molecule has 0 saturated heterocycles. The Kier molecular flexibility index (Phi) is 2.52.